The third-order valence-corrected chi connectivity index (χ3v) is 4.99. The Hall–Kier alpha value is -3.35. The van der Waals surface area contributed by atoms with E-state index in [0.717, 1.165) is 12.1 Å². The first kappa shape index (κ1) is 19.0. The van der Waals surface area contributed by atoms with Gasteiger partial charge in [-0.3, -0.25) is 9.59 Å². The molecule has 7 heteroatoms. The molecule has 4 rings (SSSR count). The van der Waals surface area contributed by atoms with Crippen molar-refractivity contribution < 1.29 is 28.6 Å². The fourth-order valence-corrected chi connectivity index (χ4v) is 3.43. The molecule has 2 aromatic carbocycles. The first-order valence-electron chi connectivity index (χ1n) is 9.55. The lowest BCUT2D eigenvalue weighted by Crippen LogP contribution is -2.44. The minimum atomic E-state index is -0.943. The third-order valence-electron chi connectivity index (χ3n) is 4.99. The van der Waals surface area contributed by atoms with Gasteiger partial charge in [0, 0.05) is 24.2 Å². The molecule has 0 spiro atoms. The van der Waals surface area contributed by atoms with Crippen molar-refractivity contribution in [3.8, 4) is 11.5 Å². The number of para-hydroxylation sites is 2. The van der Waals surface area contributed by atoms with Gasteiger partial charge < -0.3 is 19.1 Å². The van der Waals surface area contributed by atoms with E-state index in [1.54, 1.807) is 54.3 Å². The van der Waals surface area contributed by atoms with Gasteiger partial charge in [-0.25, -0.2) is 4.79 Å². The van der Waals surface area contributed by atoms with E-state index in [-0.39, 0.29) is 11.7 Å². The molecule has 2 heterocycles. The topological polar surface area (TPSA) is 82.1 Å². The fraction of sp³-hybridized carbons (Fsp3) is 0.318. The van der Waals surface area contributed by atoms with Crippen molar-refractivity contribution in [3.05, 3.63) is 54.1 Å². The first-order valence-corrected chi connectivity index (χ1v) is 9.55. The standard InChI is InChI=1S/C22H21NO6/c1-14-21(29-19-6-3-2-5-18(19)28-14)22(26)27-13-17(24)15-8-10-16(11-9-15)23-12-4-7-20(23)25/h2-3,5-6,8-11,14,21H,4,7,12-13H2,1H3. The molecule has 0 aromatic heterocycles. The van der Waals surface area contributed by atoms with Crippen LogP contribution >= 0.6 is 0 Å². The molecule has 2 aromatic rings. The number of hydrogen-bond acceptors (Lipinski definition) is 6. The third kappa shape index (κ3) is 3.94. The molecule has 29 heavy (non-hydrogen) atoms. The SMILES string of the molecule is CC1Oc2ccccc2OC1C(=O)OCC(=O)c1ccc(N2CCCC2=O)cc1. The van der Waals surface area contributed by atoms with E-state index in [4.69, 9.17) is 14.2 Å². The highest BCUT2D eigenvalue weighted by molar-refractivity contribution is 5.99. The minimum Gasteiger partial charge on any atom is -0.482 e. The zero-order chi connectivity index (χ0) is 20.4. The van der Waals surface area contributed by atoms with Gasteiger partial charge in [-0.1, -0.05) is 12.1 Å². The number of carbonyl (C=O) groups is 3. The lowest BCUT2D eigenvalue weighted by atomic mass is 10.1. The Balaban J connectivity index is 1.34. The molecule has 150 valence electrons. The van der Waals surface area contributed by atoms with Crippen LogP contribution in [0.2, 0.25) is 0 Å². The normalized spacial score (nSPS) is 20.4. The summed E-state index contributed by atoms with van der Waals surface area (Å²) in [5, 5.41) is 0. The Bertz CT molecular complexity index is 939. The van der Waals surface area contributed by atoms with Crippen LogP contribution in [-0.4, -0.2) is 43.0 Å². The maximum atomic E-state index is 12.4. The van der Waals surface area contributed by atoms with Gasteiger partial charge >= 0.3 is 5.97 Å². The van der Waals surface area contributed by atoms with Gasteiger partial charge in [-0.15, -0.1) is 0 Å². The van der Waals surface area contributed by atoms with Crippen molar-refractivity contribution in [3.63, 3.8) is 0 Å². The van der Waals surface area contributed by atoms with E-state index in [2.05, 4.69) is 0 Å². The van der Waals surface area contributed by atoms with Gasteiger partial charge in [0.2, 0.25) is 12.0 Å². The number of carbonyl (C=O) groups excluding carboxylic acids is 3. The summed E-state index contributed by atoms with van der Waals surface area (Å²) in [6.07, 6.45) is -0.0938. The molecule has 1 amide bonds. The van der Waals surface area contributed by atoms with Gasteiger partial charge in [-0.05, 0) is 49.7 Å². The highest BCUT2D eigenvalue weighted by Gasteiger charge is 2.35. The van der Waals surface area contributed by atoms with E-state index in [1.807, 2.05) is 6.07 Å². The molecule has 7 nitrogen and oxygen atoms in total. The number of ketones is 1. The maximum Gasteiger partial charge on any atom is 0.351 e. The lowest BCUT2D eigenvalue weighted by Gasteiger charge is -2.30. The fourth-order valence-electron chi connectivity index (χ4n) is 3.43. The molecule has 1 saturated heterocycles. The van der Waals surface area contributed by atoms with Crippen molar-refractivity contribution in [1.82, 2.24) is 0 Å². The summed E-state index contributed by atoms with van der Waals surface area (Å²) in [5.41, 5.74) is 1.17. The van der Waals surface area contributed by atoms with E-state index >= 15 is 0 Å². The van der Waals surface area contributed by atoms with Gasteiger partial charge in [0.05, 0.1) is 0 Å². The largest absolute Gasteiger partial charge is 0.482 e. The second kappa shape index (κ2) is 7.95. The number of esters is 1. The number of anilines is 1. The number of rotatable bonds is 5. The number of nitrogens with zero attached hydrogens (tertiary/aromatic N) is 1. The summed E-state index contributed by atoms with van der Waals surface area (Å²) in [6.45, 7) is 2.01. The van der Waals surface area contributed by atoms with Crippen LogP contribution in [0.15, 0.2) is 48.5 Å². The molecule has 0 saturated carbocycles. The van der Waals surface area contributed by atoms with E-state index in [9.17, 15) is 14.4 Å². The van der Waals surface area contributed by atoms with Gasteiger partial charge in [0.25, 0.3) is 0 Å². The molecule has 1 fully saturated rings. The predicted octanol–water partition coefficient (Wildman–Crippen LogP) is 2.77. The van der Waals surface area contributed by atoms with Crippen molar-refractivity contribution in [2.45, 2.75) is 32.0 Å². The predicted molar refractivity (Wildman–Crippen MR) is 104 cm³/mol. The summed E-state index contributed by atoms with van der Waals surface area (Å²) in [5.74, 6) is 0.132. The molecule has 0 aliphatic carbocycles. The quantitative estimate of drug-likeness (QED) is 0.572. The Kier molecular flexibility index (Phi) is 5.20. The van der Waals surface area contributed by atoms with Crippen LogP contribution in [0.3, 0.4) is 0 Å². The summed E-state index contributed by atoms with van der Waals surface area (Å²) in [6, 6.07) is 13.8. The smallest absolute Gasteiger partial charge is 0.351 e. The van der Waals surface area contributed by atoms with Crippen LogP contribution in [0, 0.1) is 0 Å². The minimum absolute atomic E-state index is 0.0865. The average molecular weight is 395 g/mol. The van der Waals surface area contributed by atoms with E-state index in [1.165, 1.54) is 0 Å². The molecule has 2 atom stereocenters. The number of fused-ring (bicyclic) bond motifs is 1. The monoisotopic (exact) mass is 395 g/mol. The van der Waals surface area contributed by atoms with Crippen molar-refractivity contribution in [2.24, 2.45) is 0 Å². The molecule has 0 N–H and O–H groups in total. The summed E-state index contributed by atoms with van der Waals surface area (Å²) in [4.78, 5) is 38.3. The summed E-state index contributed by atoms with van der Waals surface area (Å²) < 4.78 is 16.5. The van der Waals surface area contributed by atoms with Crippen LogP contribution in [0.4, 0.5) is 5.69 Å². The molecule has 2 aliphatic rings. The van der Waals surface area contributed by atoms with Crippen LogP contribution in [-0.2, 0) is 14.3 Å². The zero-order valence-electron chi connectivity index (χ0n) is 16.0. The number of hydrogen-bond donors (Lipinski definition) is 0. The van der Waals surface area contributed by atoms with Crippen molar-refractivity contribution in [2.75, 3.05) is 18.1 Å². The second-order valence-corrected chi connectivity index (χ2v) is 7.03. The van der Waals surface area contributed by atoms with E-state index < -0.39 is 24.8 Å². The molecule has 0 bridgehead atoms. The molecule has 2 unspecified atom stereocenters. The second-order valence-electron chi connectivity index (χ2n) is 7.03. The summed E-state index contributed by atoms with van der Waals surface area (Å²) in [7, 11) is 0. The van der Waals surface area contributed by atoms with Crippen LogP contribution in [0.1, 0.15) is 30.1 Å². The number of Topliss-reactive ketones (excluding diaryl/α,β-unsaturated/α-hetero) is 1. The number of ether oxygens (including phenoxy) is 3. The van der Waals surface area contributed by atoms with Crippen LogP contribution in [0.25, 0.3) is 0 Å². The Morgan fingerprint density at radius 1 is 1.07 bits per heavy atom. The van der Waals surface area contributed by atoms with E-state index in [0.29, 0.717) is 30.0 Å². The Labute approximate surface area is 168 Å². The highest BCUT2D eigenvalue weighted by Crippen LogP contribution is 2.33. The average Bonchev–Trinajstić information content (AvgIpc) is 3.17. The van der Waals surface area contributed by atoms with Gasteiger partial charge in [0.1, 0.15) is 6.10 Å². The molecule has 2 aliphatic heterocycles. The Morgan fingerprint density at radius 2 is 1.76 bits per heavy atom. The Morgan fingerprint density at radius 3 is 2.41 bits per heavy atom. The number of benzene rings is 2. The lowest BCUT2D eigenvalue weighted by molar-refractivity contribution is -0.156. The van der Waals surface area contributed by atoms with Crippen molar-refractivity contribution in [1.29, 1.82) is 0 Å². The molecular formula is C22H21NO6. The van der Waals surface area contributed by atoms with Crippen LogP contribution in [0.5, 0.6) is 11.5 Å². The first-order chi connectivity index (χ1) is 14.0. The van der Waals surface area contributed by atoms with Crippen molar-refractivity contribution >= 4 is 23.3 Å². The zero-order valence-corrected chi connectivity index (χ0v) is 16.0. The van der Waals surface area contributed by atoms with Gasteiger partial charge in [-0.2, -0.15) is 0 Å². The summed E-state index contributed by atoms with van der Waals surface area (Å²) >= 11 is 0. The number of amides is 1. The molecular weight excluding hydrogens is 374 g/mol. The van der Waals surface area contributed by atoms with Gasteiger partial charge in [0.15, 0.2) is 23.9 Å². The highest BCUT2D eigenvalue weighted by atomic mass is 16.6. The molecule has 0 radical (unpaired) electrons. The van der Waals surface area contributed by atoms with Crippen LogP contribution < -0.4 is 14.4 Å². The maximum absolute atomic E-state index is 12.4.